The van der Waals surface area contributed by atoms with Crippen molar-refractivity contribution >= 4 is 62.3 Å². The van der Waals surface area contributed by atoms with E-state index in [2.05, 4.69) is 5.32 Å². The summed E-state index contributed by atoms with van der Waals surface area (Å²) in [6.45, 7) is 6.65. The van der Waals surface area contributed by atoms with Gasteiger partial charge >= 0.3 is 0 Å². The summed E-state index contributed by atoms with van der Waals surface area (Å²) < 4.78 is 28.7. The number of benzene rings is 3. The van der Waals surface area contributed by atoms with Gasteiger partial charge in [0.1, 0.15) is 12.6 Å². The van der Waals surface area contributed by atoms with Crippen LogP contribution in [0.5, 0.6) is 0 Å². The highest BCUT2D eigenvalue weighted by Crippen LogP contribution is 2.35. The van der Waals surface area contributed by atoms with Crippen molar-refractivity contribution in [3.63, 3.8) is 0 Å². The molecule has 0 unspecified atom stereocenters. The van der Waals surface area contributed by atoms with Crippen molar-refractivity contribution in [3.8, 4) is 0 Å². The fourth-order valence-electron chi connectivity index (χ4n) is 4.10. The van der Waals surface area contributed by atoms with E-state index in [4.69, 9.17) is 34.8 Å². The van der Waals surface area contributed by atoms with Gasteiger partial charge in [0.05, 0.1) is 20.6 Å². The molecule has 0 heterocycles. The van der Waals surface area contributed by atoms with Gasteiger partial charge in [-0.2, -0.15) is 0 Å². The molecule has 1 N–H and O–H groups in total. The Morgan fingerprint density at radius 3 is 2.08 bits per heavy atom. The van der Waals surface area contributed by atoms with Gasteiger partial charge in [-0.1, -0.05) is 84.2 Å². The standard InChI is InChI=1S/C29H32Cl3N3O4S/c1-5-24(28(37)33-29(2,3)4)34(18-20-12-9-10-15-22(20)30)26(36)19-35(25-17-11-16-23(31)27(25)32)40(38,39)21-13-7-6-8-14-21/h6-17,24H,5,18-19H2,1-4H3,(H,33,37)/t24-/m0/s1. The Kier molecular flexibility index (Phi) is 10.5. The van der Waals surface area contributed by atoms with Crippen molar-refractivity contribution in [2.45, 2.75) is 57.1 Å². The quantitative estimate of drug-likeness (QED) is 0.277. The van der Waals surface area contributed by atoms with Gasteiger partial charge in [0.2, 0.25) is 11.8 Å². The predicted molar refractivity (Wildman–Crippen MR) is 161 cm³/mol. The molecule has 3 aromatic carbocycles. The summed E-state index contributed by atoms with van der Waals surface area (Å²) in [5.41, 5.74) is 0.0923. The van der Waals surface area contributed by atoms with Crippen LogP contribution in [0.15, 0.2) is 77.7 Å². The first kappa shape index (κ1) is 31.7. The van der Waals surface area contributed by atoms with Crippen LogP contribution in [0.1, 0.15) is 39.7 Å². The second-order valence-corrected chi connectivity index (χ2v) is 13.2. The minimum Gasteiger partial charge on any atom is -0.350 e. The van der Waals surface area contributed by atoms with E-state index < -0.39 is 34.1 Å². The maximum Gasteiger partial charge on any atom is 0.264 e. The van der Waals surface area contributed by atoms with Crippen LogP contribution < -0.4 is 9.62 Å². The maximum atomic E-state index is 14.1. The third-order valence-corrected chi connectivity index (χ3v) is 8.94. The van der Waals surface area contributed by atoms with Gasteiger partial charge in [-0.15, -0.1) is 0 Å². The summed E-state index contributed by atoms with van der Waals surface area (Å²) >= 11 is 19.1. The molecule has 40 heavy (non-hydrogen) atoms. The van der Waals surface area contributed by atoms with Crippen molar-refractivity contribution in [2.75, 3.05) is 10.8 Å². The molecule has 0 saturated carbocycles. The van der Waals surface area contributed by atoms with Crippen molar-refractivity contribution in [1.82, 2.24) is 10.2 Å². The topological polar surface area (TPSA) is 86.8 Å². The molecule has 0 aliphatic rings. The Labute approximate surface area is 251 Å². The fraction of sp³-hybridized carbons (Fsp3) is 0.310. The molecule has 0 aliphatic heterocycles. The number of anilines is 1. The highest BCUT2D eigenvalue weighted by atomic mass is 35.5. The molecule has 0 bridgehead atoms. The lowest BCUT2D eigenvalue weighted by Crippen LogP contribution is -2.55. The molecule has 0 spiro atoms. The molecule has 1 atom stereocenters. The van der Waals surface area contributed by atoms with Crippen molar-refractivity contribution in [2.24, 2.45) is 0 Å². The monoisotopic (exact) mass is 623 g/mol. The minimum atomic E-state index is -4.27. The number of carbonyl (C=O) groups excluding carboxylic acids is 2. The molecule has 3 rings (SSSR count). The van der Waals surface area contributed by atoms with E-state index >= 15 is 0 Å². The Morgan fingerprint density at radius 1 is 0.875 bits per heavy atom. The van der Waals surface area contributed by atoms with E-state index in [0.29, 0.717) is 10.6 Å². The summed E-state index contributed by atoms with van der Waals surface area (Å²) in [5, 5.41) is 3.45. The predicted octanol–water partition coefficient (Wildman–Crippen LogP) is 6.56. The van der Waals surface area contributed by atoms with Gasteiger partial charge in [-0.05, 0) is 63.1 Å². The van der Waals surface area contributed by atoms with Gasteiger partial charge < -0.3 is 10.2 Å². The number of nitrogens with zero attached hydrogens (tertiary/aromatic N) is 2. The van der Waals surface area contributed by atoms with Gasteiger partial charge in [0, 0.05) is 17.1 Å². The number of rotatable bonds is 10. The highest BCUT2D eigenvalue weighted by molar-refractivity contribution is 7.92. The number of hydrogen-bond acceptors (Lipinski definition) is 4. The third kappa shape index (κ3) is 7.69. The number of halogens is 3. The molecular formula is C29H32Cl3N3O4S. The summed E-state index contributed by atoms with van der Waals surface area (Å²) in [6, 6.07) is 18.3. The van der Waals surface area contributed by atoms with Crippen LogP contribution in [0, 0.1) is 0 Å². The molecule has 7 nitrogen and oxygen atoms in total. The summed E-state index contributed by atoms with van der Waals surface area (Å²) in [4.78, 5) is 28.8. The van der Waals surface area contributed by atoms with Crippen LogP contribution in [0.3, 0.4) is 0 Å². The Morgan fingerprint density at radius 2 is 1.48 bits per heavy atom. The zero-order chi connectivity index (χ0) is 29.7. The molecule has 0 saturated heterocycles. The molecule has 11 heteroatoms. The number of sulfonamides is 1. The van der Waals surface area contributed by atoms with Gasteiger partial charge in [-0.25, -0.2) is 8.42 Å². The summed E-state index contributed by atoms with van der Waals surface area (Å²) in [7, 11) is -4.27. The number of hydrogen-bond donors (Lipinski definition) is 1. The van der Waals surface area contributed by atoms with Gasteiger partial charge in [0.25, 0.3) is 10.0 Å². The Balaban J connectivity index is 2.12. The largest absolute Gasteiger partial charge is 0.350 e. The number of carbonyl (C=O) groups is 2. The van der Waals surface area contributed by atoms with Crippen LogP contribution >= 0.6 is 34.8 Å². The van der Waals surface area contributed by atoms with Crippen LogP contribution in [-0.2, 0) is 26.2 Å². The molecule has 0 radical (unpaired) electrons. The van der Waals surface area contributed by atoms with Crippen LogP contribution in [0.2, 0.25) is 15.1 Å². The lowest BCUT2D eigenvalue weighted by Gasteiger charge is -2.35. The number of nitrogens with one attached hydrogen (secondary N) is 1. The molecule has 214 valence electrons. The zero-order valence-corrected chi connectivity index (χ0v) is 25.8. The first-order chi connectivity index (χ1) is 18.8. The Bertz CT molecular complexity index is 1460. The smallest absolute Gasteiger partial charge is 0.264 e. The summed E-state index contributed by atoms with van der Waals surface area (Å²) in [6.07, 6.45) is 0.279. The average Bonchev–Trinajstić information content (AvgIpc) is 2.89. The molecule has 0 fully saturated rings. The maximum absolute atomic E-state index is 14.1. The second-order valence-electron chi connectivity index (χ2n) is 10.2. The van der Waals surface area contributed by atoms with Crippen LogP contribution in [0.4, 0.5) is 5.69 Å². The zero-order valence-electron chi connectivity index (χ0n) is 22.7. The second kappa shape index (κ2) is 13.3. The van der Waals surface area contributed by atoms with E-state index in [1.807, 2.05) is 20.8 Å². The van der Waals surface area contributed by atoms with E-state index in [1.54, 1.807) is 55.5 Å². The van der Waals surface area contributed by atoms with Gasteiger partial charge in [0.15, 0.2) is 0 Å². The van der Waals surface area contributed by atoms with Crippen LogP contribution in [0.25, 0.3) is 0 Å². The van der Waals surface area contributed by atoms with Crippen molar-refractivity contribution in [1.29, 1.82) is 0 Å². The minimum absolute atomic E-state index is 0.0168. The molecule has 2 amide bonds. The fourth-order valence-corrected chi connectivity index (χ4v) is 6.19. The van der Waals surface area contributed by atoms with E-state index in [1.165, 1.54) is 29.2 Å². The molecule has 0 aromatic heterocycles. The Hall–Kier alpha value is -2.78. The van der Waals surface area contributed by atoms with E-state index in [-0.39, 0.29) is 39.5 Å². The average molecular weight is 625 g/mol. The molecular weight excluding hydrogens is 593 g/mol. The van der Waals surface area contributed by atoms with E-state index in [9.17, 15) is 18.0 Å². The van der Waals surface area contributed by atoms with Crippen LogP contribution in [-0.4, -0.2) is 43.3 Å². The van der Waals surface area contributed by atoms with Crippen molar-refractivity contribution < 1.29 is 18.0 Å². The lowest BCUT2D eigenvalue weighted by atomic mass is 10.1. The first-order valence-electron chi connectivity index (χ1n) is 12.6. The first-order valence-corrected chi connectivity index (χ1v) is 15.2. The number of amides is 2. The normalized spacial score (nSPS) is 12.5. The summed E-state index contributed by atoms with van der Waals surface area (Å²) in [5.74, 6) is -0.986. The SMILES string of the molecule is CC[C@@H](C(=O)NC(C)(C)C)N(Cc1ccccc1Cl)C(=O)CN(c1cccc(Cl)c1Cl)S(=O)(=O)c1ccccc1. The van der Waals surface area contributed by atoms with Gasteiger partial charge in [-0.3, -0.25) is 13.9 Å². The lowest BCUT2D eigenvalue weighted by molar-refractivity contribution is -0.141. The van der Waals surface area contributed by atoms with Crippen molar-refractivity contribution in [3.05, 3.63) is 93.4 Å². The third-order valence-electron chi connectivity index (χ3n) is 5.99. The van der Waals surface area contributed by atoms with E-state index in [0.717, 1.165) is 4.31 Å². The molecule has 0 aliphatic carbocycles. The highest BCUT2D eigenvalue weighted by Gasteiger charge is 2.35. The molecule has 3 aromatic rings.